The first-order valence-corrected chi connectivity index (χ1v) is 12.5. The van der Waals surface area contributed by atoms with Crippen molar-refractivity contribution in [3.8, 4) is 34.3 Å². The van der Waals surface area contributed by atoms with Crippen molar-refractivity contribution in [3.05, 3.63) is 77.3 Å². The number of aromatic nitrogens is 5. The maximum atomic E-state index is 13.9. The molecular formula is C28H24ClFN6O2. The molecule has 0 spiro atoms. The molecule has 0 saturated heterocycles. The predicted octanol–water partition coefficient (Wildman–Crippen LogP) is 5.84. The molecule has 38 heavy (non-hydrogen) atoms. The lowest BCUT2D eigenvalue weighted by Crippen LogP contribution is -2.25. The summed E-state index contributed by atoms with van der Waals surface area (Å²) in [7, 11) is 0. The van der Waals surface area contributed by atoms with E-state index in [4.69, 9.17) is 21.3 Å². The van der Waals surface area contributed by atoms with Crippen LogP contribution in [0.15, 0.2) is 60.9 Å². The first kappa shape index (κ1) is 24.1. The standard InChI is InChI=1S/C28H24ClFN6O2/c1-28(2)15-38-27-33-23-25(34-24(35-26(23)36(27)28)18-12-20(30)14-31-13-18)32-10-9-16-3-8-22(37)21(11-16)17-4-6-19(29)7-5-17/h3-8,11-14,37H,9-10,15H2,1-2H3,(H,32,34,35). The summed E-state index contributed by atoms with van der Waals surface area (Å²) in [5.74, 6) is 0.594. The second kappa shape index (κ2) is 9.25. The summed E-state index contributed by atoms with van der Waals surface area (Å²) in [5.41, 5.74) is 3.93. The van der Waals surface area contributed by atoms with Crippen LogP contribution in [0.25, 0.3) is 33.7 Å². The maximum Gasteiger partial charge on any atom is 0.299 e. The van der Waals surface area contributed by atoms with Crippen molar-refractivity contribution in [2.45, 2.75) is 25.8 Å². The highest BCUT2D eigenvalue weighted by molar-refractivity contribution is 6.30. The summed E-state index contributed by atoms with van der Waals surface area (Å²) in [4.78, 5) is 18.0. The van der Waals surface area contributed by atoms with E-state index in [0.717, 1.165) is 22.9 Å². The van der Waals surface area contributed by atoms with Gasteiger partial charge in [-0.15, -0.1) is 0 Å². The van der Waals surface area contributed by atoms with Gasteiger partial charge in [0.15, 0.2) is 22.8 Å². The fourth-order valence-electron chi connectivity index (χ4n) is 4.60. The second-order valence-electron chi connectivity index (χ2n) is 9.83. The van der Waals surface area contributed by atoms with Gasteiger partial charge in [-0.1, -0.05) is 29.8 Å². The second-order valence-corrected chi connectivity index (χ2v) is 10.3. The highest BCUT2D eigenvalue weighted by atomic mass is 35.5. The molecule has 0 bridgehead atoms. The van der Waals surface area contributed by atoms with Crippen LogP contribution in [0.1, 0.15) is 19.4 Å². The van der Waals surface area contributed by atoms with Crippen LogP contribution in [0.5, 0.6) is 11.8 Å². The average Bonchev–Trinajstić information content (AvgIpc) is 3.42. The minimum Gasteiger partial charge on any atom is -0.507 e. The third kappa shape index (κ3) is 4.39. The molecule has 10 heteroatoms. The summed E-state index contributed by atoms with van der Waals surface area (Å²) in [6.45, 7) is 5.11. The summed E-state index contributed by atoms with van der Waals surface area (Å²) in [6.07, 6.45) is 3.33. The Morgan fingerprint density at radius 2 is 1.87 bits per heavy atom. The first-order valence-electron chi connectivity index (χ1n) is 12.1. The maximum absolute atomic E-state index is 13.9. The zero-order valence-electron chi connectivity index (χ0n) is 20.7. The van der Waals surface area contributed by atoms with Crippen molar-refractivity contribution < 1.29 is 14.2 Å². The van der Waals surface area contributed by atoms with E-state index in [-0.39, 0.29) is 11.3 Å². The van der Waals surface area contributed by atoms with Gasteiger partial charge in [0.1, 0.15) is 18.2 Å². The minimum atomic E-state index is -0.466. The molecule has 192 valence electrons. The number of pyridine rings is 1. The molecule has 4 heterocycles. The van der Waals surface area contributed by atoms with Crippen LogP contribution >= 0.6 is 11.6 Å². The number of nitrogens with one attached hydrogen (secondary N) is 1. The summed E-state index contributed by atoms with van der Waals surface area (Å²) < 4.78 is 21.7. The van der Waals surface area contributed by atoms with Gasteiger partial charge in [0.25, 0.3) is 6.01 Å². The molecule has 2 aromatic carbocycles. The number of imidazole rings is 1. The van der Waals surface area contributed by atoms with Crippen molar-refractivity contribution in [2.24, 2.45) is 0 Å². The van der Waals surface area contributed by atoms with Gasteiger partial charge >= 0.3 is 0 Å². The van der Waals surface area contributed by atoms with E-state index in [1.807, 2.05) is 42.7 Å². The van der Waals surface area contributed by atoms with E-state index in [0.29, 0.717) is 59.0 Å². The van der Waals surface area contributed by atoms with E-state index in [2.05, 4.69) is 20.3 Å². The lowest BCUT2D eigenvalue weighted by Gasteiger charge is -2.18. The quantitative estimate of drug-likeness (QED) is 0.285. The van der Waals surface area contributed by atoms with Crippen LogP contribution in [0.4, 0.5) is 10.2 Å². The van der Waals surface area contributed by atoms with Crippen molar-refractivity contribution in [1.29, 1.82) is 0 Å². The van der Waals surface area contributed by atoms with E-state index >= 15 is 0 Å². The molecule has 0 atom stereocenters. The SMILES string of the molecule is CC1(C)COc2nc3c(NCCc4ccc(O)c(-c5ccc(Cl)cc5)c4)nc(-c4cncc(F)c4)nc3n21. The molecule has 3 aromatic heterocycles. The Morgan fingerprint density at radius 3 is 2.66 bits per heavy atom. The van der Waals surface area contributed by atoms with E-state index < -0.39 is 5.82 Å². The largest absolute Gasteiger partial charge is 0.507 e. The molecule has 6 rings (SSSR count). The van der Waals surface area contributed by atoms with Gasteiger partial charge in [-0.05, 0) is 61.7 Å². The number of aromatic hydroxyl groups is 1. The smallest absolute Gasteiger partial charge is 0.299 e. The Bertz CT molecular complexity index is 1670. The van der Waals surface area contributed by atoms with Gasteiger partial charge in [0.05, 0.1) is 11.7 Å². The van der Waals surface area contributed by atoms with E-state index in [1.54, 1.807) is 18.2 Å². The van der Waals surface area contributed by atoms with Crippen LogP contribution in [0.3, 0.4) is 0 Å². The molecule has 5 aromatic rings. The van der Waals surface area contributed by atoms with Crippen LogP contribution in [0, 0.1) is 5.82 Å². The highest BCUT2D eigenvalue weighted by Crippen LogP contribution is 2.37. The number of phenols is 1. The van der Waals surface area contributed by atoms with Crippen LogP contribution in [-0.2, 0) is 12.0 Å². The Hall–Kier alpha value is -4.24. The number of hydrogen-bond donors (Lipinski definition) is 2. The monoisotopic (exact) mass is 530 g/mol. The number of ether oxygens (including phenoxy) is 1. The molecular weight excluding hydrogens is 507 g/mol. The number of phenolic OH excluding ortho intramolecular Hbond substituents is 1. The molecule has 1 aliphatic heterocycles. The van der Waals surface area contributed by atoms with Crippen LogP contribution in [0.2, 0.25) is 5.02 Å². The summed E-state index contributed by atoms with van der Waals surface area (Å²) in [5, 5.41) is 14.4. The van der Waals surface area contributed by atoms with Crippen molar-refractivity contribution in [2.75, 3.05) is 18.5 Å². The molecule has 0 aliphatic carbocycles. The minimum absolute atomic E-state index is 0.199. The molecule has 0 unspecified atom stereocenters. The predicted molar refractivity (Wildman–Crippen MR) is 144 cm³/mol. The van der Waals surface area contributed by atoms with E-state index in [1.165, 1.54) is 12.3 Å². The normalized spacial score (nSPS) is 13.9. The number of rotatable bonds is 6. The summed E-state index contributed by atoms with van der Waals surface area (Å²) in [6, 6.07) is 14.7. The Labute approximate surface area is 223 Å². The number of anilines is 1. The molecule has 0 saturated carbocycles. The third-order valence-corrected chi connectivity index (χ3v) is 6.77. The number of halogens is 2. The molecule has 0 fully saturated rings. The van der Waals surface area contributed by atoms with Gasteiger partial charge < -0.3 is 15.2 Å². The van der Waals surface area contributed by atoms with Gasteiger partial charge in [0.2, 0.25) is 0 Å². The van der Waals surface area contributed by atoms with Crippen molar-refractivity contribution in [1.82, 2.24) is 24.5 Å². The Balaban J connectivity index is 1.32. The lowest BCUT2D eigenvalue weighted by atomic mass is 10.0. The molecule has 0 radical (unpaired) electrons. The van der Waals surface area contributed by atoms with Crippen molar-refractivity contribution >= 4 is 28.6 Å². The van der Waals surface area contributed by atoms with Crippen LogP contribution < -0.4 is 10.1 Å². The van der Waals surface area contributed by atoms with Gasteiger partial charge in [-0.3, -0.25) is 9.55 Å². The van der Waals surface area contributed by atoms with Gasteiger partial charge in [0, 0.05) is 28.9 Å². The molecule has 8 nitrogen and oxygen atoms in total. The number of fused-ring (bicyclic) bond motifs is 3. The van der Waals surface area contributed by atoms with Gasteiger partial charge in [-0.2, -0.15) is 4.98 Å². The average molecular weight is 531 g/mol. The number of benzene rings is 2. The first-order chi connectivity index (χ1) is 18.3. The topological polar surface area (TPSA) is 98.0 Å². The van der Waals surface area contributed by atoms with E-state index in [9.17, 15) is 9.50 Å². The molecule has 2 N–H and O–H groups in total. The zero-order chi connectivity index (χ0) is 26.4. The van der Waals surface area contributed by atoms with Gasteiger partial charge in [-0.25, -0.2) is 14.4 Å². The number of hydrogen-bond acceptors (Lipinski definition) is 7. The van der Waals surface area contributed by atoms with Crippen molar-refractivity contribution in [3.63, 3.8) is 0 Å². The fourth-order valence-corrected chi connectivity index (χ4v) is 4.72. The highest BCUT2D eigenvalue weighted by Gasteiger charge is 2.36. The Kier molecular flexibility index (Phi) is 5.87. The van der Waals surface area contributed by atoms with Crippen LogP contribution in [-0.4, -0.2) is 42.8 Å². The fraction of sp³-hybridized carbons (Fsp3) is 0.214. The lowest BCUT2D eigenvalue weighted by molar-refractivity contribution is 0.268. The number of nitrogens with zero attached hydrogens (tertiary/aromatic N) is 5. The molecule has 0 amide bonds. The third-order valence-electron chi connectivity index (χ3n) is 6.52. The zero-order valence-corrected chi connectivity index (χ0v) is 21.5. The summed E-state index contributed by atoms with van der Waals surface area (Å²) >= 11 is 6.02. The molecule has 1 aliphatic rings. The Morgan fingerprint density at radius 1 is 1.05 bits per heavy atom.